The quantitative estimate of drug-likeness (QED) is 0.535. The van der Waals surface area contributed by atoms with Crippen molar-refractivity contribution in [2.75, 3.05) is 6.61 Å². The number of alkyl carbamates (subject to hydrolysis) is 1. The highest BCUT2D eigenvalue weighted by Crippen LogP contribution is 2.44. The van der Waals surface area contributed by atoms with E-state index in [4.69, 9.17) is 9.84 Å². The molecule has 0 radical (unpaired) electrons. The van der Waals surface area contributed by atoms with Crippen LogP contribution in [0.1, 0.15) is 63.0 Å². The van der Waals surface area contributed by atoms with Gasteiger partial charge in [-0.05, 0) is 53.4 Å². The minimum Gasteiger partial charge on any atom is -0.481 e. The molecule has 2 aliphatic rings. The number of ether oxygens (including phenoxy) is 1. The van der Waals surface area contributed by atoms with Gasteiger partial charge in [-0.25, -0.2) is 4.79 Å². The average molecular weight is 465 g/mol. The number of rotatable bonds is 8. The predicted octanol–water partition coefficient (Wildman–Crippen LogP) is 4.45. The van der Waals surface area contributed by atoms with Crippen molar-refractivity contribution < 1.29 is 24.2 Å². The first-order valence-electron chi connectivity index (χ1n) is 11.9. The molecule has 34 heavy (non-hydrogen) atoms. The number of hydrogen-bond donors (Lipinski definition) is 3. The topological polar surface area (TPSA) is 105 Å². The second-order valence-corrected chi connectivity index (χ2v) is 10.1. The smallest absolute Gasteiger partial charge is 0.407 e. The molecule has 4 rings (SSSR count). The highest BCUT2D eigenvalue weighted by molar-refractivity contribution is 5.86. The van der Waals surface area contributed by atoms with Gasteiger partial charge in [-0.3, -0.25) is 9.59 Å². The van der Waals surface area contributed by atoms with Crippen molar-refractivity contribution in [3.8, 4) is 11.1 Å². The normalized spacial score (nSPS) is 19.1. The van der Waals surface area contributed by atoms with Crippen LogP contribution in [0.4, 0.5) is 4.79 Å². The SMILES string of the molecule is CC1(C)CCC(NC(=O)C(CCC(=O)O)NC(=O)OCC2c3ccccc3-c3ccccc32)C1. The second-order valence-electron chi connectivity index (χ2n) is 10.1. The number of fused-ring (bicyclic) bond motifs is 3. The molecule has 0 aliphatic heterocycles. The fourth-order valence-corrected chi connectivity index (χ4v) is 5.18. The Hall–Kier alpha value is -3.35. The van der Waals surface area contributed by atoms with Crippen molar-refractivity contribution in [2.45, 2.75) is 64.0 Å². The molecule has 0 aromatic heterocycles. The maximum atomic E-state index is 12.9. The fraction of sp³-hybridized carbons (Fsp3) is 0.444. The van der Waals surface area contributed by atoms with E-state index >= 15 is 0 Å². The number of benzene rings is 2. The number of carboxylic acids is 1. The first kappa shape index (κ1) is 23.8. The number of carbonyl (C=O) groups excluding carboxylic acids is 2. The third-order valence-electron chi connectivity index (χ3n) is 6.91. The van der Waals surface area contributed by atoms with Crippen LogP contribution in [0.15, 0.2) is 48.5 Å². The minimum absolute atomic E-state index is 0.00146. The second kappa shape index (κ2) is 9.87. The molecule has 2 atom stereocenters. The highest BCUT2D eigenvalue weighted by atomic mass is 16.5. The average Bonchev–Trinajstić information content (AvgIpc) is 3.31. The maximum absolute atomic E-state index is 12.9. The zero-order valence-corrected chi connectivity index (χ0v) is 19.7. The van der Waals surface area contributed by atoms with E-state index in [-0.39, 0.29) is 42.7 Å². The summed E-state index contributed by atoms with van der Waals surface area (Å²) in [5.41, 5.74) is 4.62. The zero-order valence-electron chi connectivity index (χ0n) is 19.7. The summed E-state index contributed by atoms with van der Waals surface area (Å²) in [4.78, 5) is 36.6. The van der Waals surface area contributed by atoms with Crippen LogP contribution >= 0.6 is 0 Å². The van der Waals surface area contributed by atoms with E-state index in [2.05, 4.69) is 36.6 Å². The summed E-state index contributed by atoms with van der Waals surface area (Å²) in [7, 11) is 0. The molecule has 2 aliphatic carbocycles. The van der Waals surface area contributed by atoms with Gasteiger partial charge in [0.2, 0.25) is 5.91 Å². The summed E-state index contributed by atoms with van der Waals surface area (Å²) in [6.07, 6.45) is 1.79. The van der Waals surface area contributed by atoms with Gasteiger partial charge in [-0.2, -0.15) is 0 Å². The molecule has 1 saturated carbocycles. The number of aliphatic carboxylic acids is 1. The van der Waals surface area contributed by atoms with Crippen molar-refractivity contribution in [3.63, 3.8) is 0 Å². The van der Waals surface area contributed by atoms with E-state index < -0.39 is 18.1 Å². The number of hydrogen-bond acceptors (Lipinski definition) is 4. The molecule has 0 spiro atoms. The molecule has 2 aromatic carbocycles. The third kappa shape index (κ3) is 5.41. The van der Waals surface area contributed by atoms with Crippen molar-refractivity contribution in [1.82, 2.24) is 10.6 Å². The van der Waals surface area contributed by atoms with Gasteiger partial charge in [-0.15, -0.1) is 0 Å². The van der Waals surface area contributed by atoms with Crippen LogP contribution in [0.2, 0.25) is 0 Å². The van der Waals surface area contributed by atoms with Crippen LogP contribution in [0.25, 0.3) is 11.1 Å². The van der Waals surface area contributed by atoms with E-state index in [1.54, 1.807) is 0 Å². The van der Waals surface area contributed by atoms with Crippen molar-refractivity contribution in [3.05, 3.63) is 59.7 Å². The third-order valence-corrected chi connectivity index (χ3v) is 6.91. The lowest BCUT2D eigenvalue weighted by Gasteiger charge is -2.22. The molecule has 7 heteroatoms. The molecule has 2 amide bonds. The number of nitrogens with one attached hydrogen (secondary N) is 2. The summed E-state index contributed by atoms with van der Waals surface area (Å²) in [5.74, 6) is -1.48. The molecular weight excluding hydrogens is 432 g/mol. The van der Waals surface area contributed by atoms with Gasteiger partial charge in [0.15, 0.2) is 0 Å². The summed E-state index contributed by atoms with van der Waals surface area (Å²) < 4.78 is 5.55. The Morgan fingerprint density at radius 1 is 1.06 bits per heavy atom. The Morgan fingerprint density at radius 2 is 1.68 bits per heavy atom. The summed E-state index contributed by atoms with van der Waals surface area (Å²) in [6, 6.07) is 15.2. The van der Waals surface area contributed by atoms with E-state index in [0.717, 1.165) is 41.5 Å². The van der Waals surface area contributed by atoms with Gasteiger partial charge in [0.05, 0.1) is 0 Å². The van der Waals surface area contributed by atoms with Crippen LogP contribution in [-0.4, -0.2) is 41.8 Å². The highest BCUT2D eigenvalue weighted by Gasteiger charge is 2.34. The fourth-order valence-electron chi connectivity index (χ4n) is 5.18. The van der Waals surface area contributed by atoms with Gasteiger partial charge in [0.1, 0.15) is 12.6 Å². The molecule has 2 aromatic rings. The monoisotopic (exact) mass is 464 g/mol. The Labute approximate surface area is 199 Å². The number of carboxylic acid groups (broad SMARTS) is 1. The van der Waals surface area contributed by atoms with E-state index in [1.165, 1.54) is 0 Å². The van der Waals surface area contributed by atoms with Gasteiger partial charge in [0.25, 0.3) is 0 Å². The summed E-state index contributed by atoms with van der Waals surface area (Å²) >= 11 is 0. The number of amides is 2. The van der Waals surface area contributed by atoms with Crippen LogP contribution in [-0.2, 0) is 14.3 Å². The molecular formula is C27H32N2O5. The molecule has 3 N–H and O–H groups in total. The standard InChI is InChI=1S/C27H32N2O5/c1-27(2)14-13-17(15-27)28-25(32)23(11-12-24(30)31)29-26(33)34-16-22-20-9-5-3-7-18(20)19-8-4-6-10-21(19)22/h3-10,17,22-23H,11-16H2,1-2H3,(H,28,32)(H,29,33)(H,30,31). The van der Waals surface area contributed by atoms with Crippen LogP contribution in [0.5, 0.6) is 0 Å². The Balaban J connectivity index is 1.39. The van der Waals surface area contributed by atoms with Gasteiger partial charge >= 0.3 is 12.1 Å². The van der Waals surface area contributed by atoms with Crippen molar-refractivity contribution in [2.24, 2.45) is 5.41 Å². The first-order valence-corrected chi connectivity index (χ1v) is 11.9. The van der Waals surface area contributed by atoms with Gasteiger partial charge in [0, 0.05) is 18.4 Å². The molecule has 0 heterocycles. The number of carbonyl (C=O) groups is 3. The summed E-state index contributed by atoms with van der Waals surface area (Å²) in [5, 5.41) is 14.7. The Morgan fingerprint density at radius 3 is 2.24 bits per heavy atom. The lowest BCUT2D eigenvalue weighted by Crippen LogP contribution is -2.49. The molecule has 7 nitrogen and oxygen atoms in total. The van der Waals surface area contributed by atoms with Crippen molar-refractivity contribution in [1.29, 1.82) is 0 Å². The van der Waals surface area contributed by atoms with Crippen LogP contribution in [0, 0.1) is 5.41 Å². The lowest BCUT2D eigenvalue weighted by atomic mass is 9.92. The Kier molecular flexibility index (Phi) is 6.91. The van der Waals surface area contributed by atoms with Gasteiger partial charge < -0.3 is 20.5 Å². The van der Waals surface area contributed by atoms with E-state index in [0.29, 0.717) is 0 Å². The molecule has 2 unspecified atom stereocenters. The molecule has 0 saturated heterocycles. The Bertz CT molecular complexity index is 1030. The van der Waals surface area contributed by atoms with Gasteiger partial charge in [-0.1, -0.05) is 62.4 Å². The maximum Gasteiger partial charge on any atom is 0.407 e. The van der Waals surface area contributed by atoms with E-state index in [1.807, 2.05) is 36.4 Å². The first-order chi connectivity index (χ1) is 16.2. The predicted molar refractivity (Wildman–Crippen MR) is 128 cm³/mol. The van der Waals surface area contributed by atoms with Crippen LogP contribution in [0.3, 0.4) is 0 Å². The van der Waals surface area contributed by atoms with Crippen LogP contribution < -0.4 is 10.6 Å². The van der Waals surface area contributed by atoms with E-state index in [9.17, 15) is 14.4 Å². The minimum atomic E-state index is -1.02. The summed E-state index contributed by atoms with van der Waals surface area (Å²) in [6.45, 7) is 4.45. The molecule has 0 bridgehead atoms. The zero-order chi connectivity index (χ0) is 24.3. The lowest BCUT2D eigenvalue weighted by molar-refractivity contribution is -0.137. The largest absolute Gasteiger partial charge is 0.481 e. The molecule has 1 fully saturated rings. The molecule has 180 valence electrons. The van der Waals surface area contributed by atoms with Crippen molar-refractivity contribution >= 4 is 18.0 Å².